The number of nitrogens with zero attached hydrogens (tertiary/aromatic N) is 1. The fourth-order valence-corrected chi connectivity index (χ4v) is 0.327. The van der Waals surface area contributed by atoms with Crippen molar-refractivity contribution in [2.24, 2.45) is 0 Å². The van der Waals surface area contributed by atoms with Crippen LogP contribution in [0.2, 0.25) is 0 Å². The molecule has 0 amide bonds. The highest BCUT2D eigenvalue weighted by atomic mass is 16.1. The van der Waals surface area contributed by atoms with Gasteiger partial charge in [0, 0.05) is 6.54 Å². The van der Waals surface area contributed by atoms with Crippen molar-refractivity contribution in [1.29, 1.82) is 0 Å². The minimum Gasteiger partial charge on any atom is -0.306 e. The summed E-state index contributed by atoms with van der Waals surface area (Å²) in [4.78, 5) is 11.7. The molecule has 0 saturated heterocycles. The number of rotatable bonds is 4. The van der Waals surface area contributed by atoms with Crippen molar-refractivity contribution in [2.45, 2.75) is 0 Å². The van der Waals surface area contributed by atoms with E-state index in [1.807, 2.05) is 39.2 Å². The molecule has 0 aromatic heterocycles. The van der Waals surface area contributed by atoms with Gasteiger partial charge in [-0.1, -0.05) is 6.08 Å². The third-order valence-corrected chi connectivity index (χ3v) is 0.935. The van der Waals surface area contributed by atoms with Gasteiger partial charge in [-0.15, -0.1) is 0 Å². The lowest BCUT2D eigenvalue weighted by Gasteiger charge is -2.01. The van der Waals surface area contributed by atoms with Crippen LogP contribution in [0.25, 0.3) is 0 Å². The molecule has 2 N–H and O–H groups in total. The van der Waals surface area contributed by atoms with E-state index in [0.717, 1.165) is 12.8 Å². The third-order valence-electron chi connectivity index (χ3n) is 0.935. The summed E-state index contributed by atoms with van der Waals surface area (Å²) < 4.78 is 0. The molecule has 0 spiro atoms. The third kappa shape index (κ3) is 22.8. The zero-order chi connectivity index (χ0) is 9.82. The molecule has 0 atom stereocenters. The van der Waals surface area contributed by atoms with Crippen molar-refractivity contribution in [2.75, 3.05) is 34.7 Å². The number of nitrogens with one attached hydrogen (secondary N) is 2. The Morgan fingerprint density at radius 1 is 1.25 bits per heavy atom. The Balaban J connectivity index is 0. The minimum absolute atomic E-state index is 0.781. The molecule has 0 aromatic carbocycles. The van der Waals surface area contributed by atoms with Crippen LogP contribution in [-0.2, 0) is 4.79 Å². The van der Waals surface area contributed by atoms with Crippen LogP contribution in [0.5, 0.6) is 0 Å². The van der Waals surface area contributed by atoms with Crippen LogP contribution < -0.4 is 10.9 Å². The van der Waals surface area contributed by atoms with E-state index in [0.29, 0.717) is 0 Å². The van der Waals surface area contributed by atoms with Gasteiger partial charge in [0.15, 0.2) is 0 Å². The van der Waals surface area contributed by atoms with Gasteiger partial charge in [-0.25, -0.2) is 0 Å². The summed E-state index contributed by atoms with van der Waals surface area (Å²) in [7, 11) is 7.55. The van der Waals surface area contributed by atoms with E-state index in [9.17, 15) is 4.79 Å². The van der Waals surface area contributed by atoms with Crippen LogP contribution in [-0.4, -0.2) is 45.9 Å². The lowest BCUT2D eigenvalue weighted by atomic mass is 10.5. The number of carbonyl (C=O) groups excluding carboxylic acids is 1. The Kier molecular flexibility index (Phi) is 14.9. The van der Waals surface area contributed by atoms with E-state index in [1.165, 1.54) is 6.08 Å². The monoisotopic (exact) mass is 173 g/mol. The first-order chi connectivity index (χ1) is 5.68. The highest BCUT2D eigenvalue weighted by Crippen LogP contribution is 1.73. The first-order valence-electron chi connectivity index (χ1n) is 3.77. The van der Waals surface area contributed by atoms with Gasteiger partial charge in [0.2, 0.25) is 0 Å². The highest BCUT2D eigenvalue weighted by molar-refractivity contribution is 5.64. The van der Waals surface area contributed by atoms with Crippen molar-refractivity contribution in [3.8, 4) is 0 Å². The van der Waals surface area contributed by atoms with Gasteiger partial charge >= 0.3 is 0 Å². The predicted molar refractivity (Wildman–Crippen MR) is 51.9 cm³/mol. The molecule has 0 radical (unpaired) electrons. The van der Waals surface area contributed by atoms with Crippen LogP contribution >= 0.6 is 0 Å². The zero-order valence-electron chi connectivity index (χ0n) is 8.29. The van der Waals surface area contributed by atoms with Crippen molar-refractivity contribution >= 4 is 6.29 Å². The van der Waals surface area contributed by atoms with Gasteiger partial charge in [-0.05, 0) is 34.3 Å². The second-order valence-electron chi connectivity index (χ2n) is 2.33. The number of hydrazine groups is 1. The highest BCUT2D eigenvalue weighted by Gasteiger charge is 1.78. The van der Waals surface area contributed by atoms with Crippen LogP contribution in [0.4, 0.5) is 0 Å². The Bertz CT molecular complexity index is 111. The van der Waals surface area contributed by atoms with E-state index < -0.39 is 0 Å². The molecular weight excluding hydrogens is 154 g/mol. The van der Waals surface area contributed by atoms with E-state index >= 15 is 0 Å². The summed E-state index contributed by atoms with van der Waals surface area (Å²) in [6.07, 6.45) is 4.09. The molecule has 0 aromatic rings. The number of carbonyl (C=O) groups is 1. The maximum absolute atomic E-state index is 9.68. The SMILES string of the molecule is CN(C)C/C=C/C=O.CNNC. The van der Waals surface area contributed by atoms with E-state index in [-0.39, 0.29) is 0 Å². The summed E-state index contributed by atoms with van der Waals surface area (Å²) in [5, 5.41) is 0. The minimum atomic E-state index is 0.781. The number of likely N-dealkylation sites (N-methyl/N-ethyl adjacent to an activating group) is 1. The second kappa shape index (κ2) is 12.9. The van der Waals surface area contributed by atoms with Crippen LogP contribution in [0.1, 0.15) is 0 Å². The van der Waals surface area contributed by atoms with E-state index in [1.54, 1.807) is 0 Å². The summed E-state index contributed by atoms with van der Waals surface area (Å²) in [5.41, 5.74) is 5.36. The molecule has 0 heterocycles. The number of allylic oxidation sites excluding steroid dienone is 1. The number of hydrogen-bond acceptors (Lipinski definition) is 4. The van der Waals surface area contributed by atoms with Crippen LogP contribution in [0, 0.1) is 0 Å². The lowest BCUT2D eigenvalue weighted by molar-refractivity contribution is -0.104. The molecule has 0 aliphatic carbocycles. The van der Waals surface area contributed by atoms with Crippen molar-refractivity contribution in [3.05, 3.63) is 12.2 Å². The number of hydrogen-bond donors (Lipinski definition) is 2. The molecule has 4 nitrogen and oxygen atoms in total. The molecule has 0 fully saturated rings. The molecule has 0 aliphatic heterocycles. The van der Waals surface area contributed by atoms with Gasteiger partial charge in [0.05, 0.1) is 0 Å². The molecule has 0 bridgehead atoms. The summed E-state index contributed by atoms with van der Waals surface area (Å²) in [6, 6.07) is 0. The molecule has 0 rings (SSSR count). The Labute approximate surface area is 74.6 Å². The maximum atomic E-state index is 9.68. The summed E-state index contributed by atoms with van der Waals surface area (Å²) in [6.45, 7) is 0.832. The molecule has 0 saturated carbocycles. The predicted octanol–water partition coefficient (Wildman–Crippen LogP) is -0.357. The number of aldehydes is 1. The standard InChI is InChI=1S/C6H11NO.C2H8N2/c1-7(2)5-3-4-6-8;1-3-4-2/h3-4,6H,5H2,1-2H3;3-4H,1-2H3/b4-3+;. The average Bonchev–Trinajstić information content (AvgIpc) is 2.05. The molecule has 0 aliphatic rings. The van der Waals surface area contributed by atoms with E-state index in [2.05, 4.69) is 10.9 Å². The molecular formula is C8H19N3O. The normalized spacial score (nSPS) is 9.75. The van der Waals surface area contributed by atoms with Gasteiger partial charge in [0.25, 0.3) is 0 Å². The fourth-order valence-electron chi connectivity index (χ4n) is 0.327. The Morgan fingerprint density at radius 2 is 1.75 bits per heavy atom. The topological polar surface area (TPSA) is 44.4 Å². The Morgan fingerprint density at radius 3 is 2.00 bits per heavy atom. The summed E-state index contributed by atoms with van der Waals surface area (Å²) >= 11 is 0. The quantitative estimate of drug-likeness (QED) is 0.346. The molecule has 12 heavy (non-hydrogen) atoms. The van der Waals surface area contributed by atoms with E-state index in [4.69, 9.17) is 0 Å². The van der Waals surface area contributed by atoms with Gasteiger partial charge in [0.1, 0.15) is 6.29 Å². The molecule has 72 valence electrons. The van der Waals surface area contributed by atoms with Gasteiger partial charge in [-0.2, -0.15) is 0 Å². The molecule has 0 unspecified atom stereocenters. The summed E-state index contributed by atoms with van der Waals surface area (Å²) in [5.74, 6) is 0. The second-order valence-corrected chi connectivity index (χ2v) is 2.33. The van der Waals surface area contributed by atoms with Crippen molar-refractivity contribution < 1.29 is 4.79 Å². The van der Waals surface area contributed by atoms with Crippen LogP contribution in [0.3, 0.4) is 0 Å². The van der Waals surface area contributed by atoms with Gasteiger partial charge in [-0.3, -0.25) is 15.6 Å². The van der Waals surface area contributed by atoms with Gasteiger partial charge < -0.3 is 4.90 Å². The lowest BCUT2D eigenvalue weighted by Crippen LogP contribution is -2.21. The zero-order valence-corrected chi connectivity index (χ0v) is 8.29. The first-order valence-corrected chi connectivity index (χ1v) is 3.77. The van der Waals surface area contributed by atoms with Crippen molar-refractivity contribution in [1.82, 2.24) is 15.8 Å². The molecule has 4 heteroatoms. The fraction of sp³-hybridized carbons (Fsp3) is 0.625. The smallest absolute Gasteiger partial charge is 0.142 e. The average molecular weight is 173 g/mol. The Hall–Kier alpha value is -0.710. The largest absolute Gasteiger partial charge is 0.306 e. The van der Waals surface area contributed by atoms with Crippen LogP contribution in [0.15, 0.2) is 12.2 Å². The van der Waals surface area contributed by atoms with Crippen molar-refractivity contribution in [3.63, 3.8) is 0 Å². The first kappa shape index (κ1) is 13.9. The maximum Gasteiger partial charge on any atom is 0.142 e.